The van der Waals surface area contributed by atoms with Crippen LogP contribution in [0.5, 0.6) is 0 Å². The summed E-state index contributed by atoms with van der Waals surface area (Å²) in [6, 6.07) is 1.11. The van der Waals surface area contributed by atoms with Gasteiger partial charge in [-0.2, -0.15) is 10.2 Å². The zero-order valence-electron chi connectivity index (χ0n) is 39.0. The van der Waals surface area contributed by atoms with Crippen LogP contribution in [0.4, 0.5) is 0 Å². The molecule has 6 rings (SSSR count). The summed E-state index contributed by atoms with van der Waals surface area (Å²) in [5.74, 6) is -3.25. The molecule has 0 aliphatic heterocycles. The number of carbonyl (C=O) groups is 6. The second-order valence-electron chi connectivity index (χ2n) is 20.4. The number of carboxylic acids is 1. The molecule has 4 aliphatic rings. The number of fused-ring (bicyclic) bond motifs is 2. The summed E-state index contributed by atoms with van der Waals surface area (Å²) >= 11 is 0. The van der Waals surface area contributed by atoms with Gasteiger partial charge in [0.2, 0.25) is 5.78 Å². The Morgan fingerprint density at radius 2 is 1.38 bits per heavy atom. The molecule has 2 aromatic rings. The number of ether oxygens (including phenoxy) is 3. The Kier molecular flexibility index (Phi) is 18.9. The number of Topliss-reactive ketones (excluding diaryl/α,β-unsaturated/α-hetero) is 3. The molecular formula is C46H74N4O10Si. The molecule has 342 valence electrons. The molecule has 0 saturated heterocycles. The standard InChI is InChI=1S/C16H28N2O3Si.C12H18N2O2.C12H18O4.C6H10O/c1-16(2)7-6-13-12(10-16)14(15(19)20)17-18(13)11-21-8-9-22(3,4)5;1-4-16-11(15)10-8-7-12(2,3)6-5-9(8)13-14-10;1-4-16-11(15)10(14)8-7-12(2,3)6-5-9(8)13;7-6-4-2-1-3-5-6/h6-11H2,1-5H3,(H,19,20);4-7H2,1-3H3,(H,13,14);8H,4-7H2,1-3H3;1-5H2. The molecule has 2 heterocycles. The molecule has 1 atom stereocenters. The van der Waals surface area contributed by atoms with E-state index in [1.165, 1.54) is 6.42 Å². The normalized spacial score (nSPS) is 19.8. The first-order chi connectivity index (χ1) is 28.4. The van der Waals surface area contributed by atoms with Gasteiger partial charge in [0.05, 0.1) is 19.1 Å². The van der Waals surface area contributed by atoms with E-state index < -0.39 is 31.7 Å². The summed E-state index contributed by atoms with van der Waals surface area (Å²) in [6.45, 7) is 24.8. The third-order valence-corrected chi connectivity index (χ3v) is 13.5. The van der Waals surface area contributed by atoms with Crippen LogP contribution in [-0.2, 0) is 65.8 Å². The van der Waals surface area contributed by atoms with E-state index in [1.54, 1.807) is 18.5 Å². The van der Waals surface area contributed by atoms with Gasteiger partial charge < -0.3 is 19.3 Å². The van der Waals surface area contributed by atoms with Crippen LogP contribution in [0.2, 0.25) is 25.7 Å². The molecule has 2 saturated carbocycles. The minimum absolute atomic E-state index is 0.0548. The summed E-state index contributed by atoms with van der Waals surface area (Å²) in [7, 11) is -1.10. The Labute approximate surface area is 364 Å². The Hall–Kier alpha value is -3.98. The monoisotopic (exact) mass is 871 g/mol. The Morgan fingerprint density at radius 1 is 0.787 bits per heavy atom. The summed E-state index contributed by atoms with van der Waals surface area (Å²) in [5.41, 5.74) is 5.11. The Morgan fingerprint density at radius 3 is 1.93 bits per heavy atom. The maximum Gasteiger partial charge on any atom is 0.375 e. The van der Waals surface area contributed by atoms with E-state index in [9.17, 15) is 33.9 Å². The minimum Gasteiger partial charge on any atom is -0.476 e. The van der Waals surface area contributed by atoms with Crippen molar-refractivity contribution in [1.29, 1.82) is 0 Å². The average Bonchev–Trinajstić information content (AvgIpc) is 3.74. The fraction of sp³-hybridized carbons (Fsp3) is 0.739. The van der Waals surface area contributed by atoms with Crippen LogP contribution in [-0.4, -0.2) is 88.2 Å². The van der Waals surface area contributed by atoms with Crippen molar-refractivity contribution in [3.8, 4) is 0 Å². The van der Waals surface area contributed by atoms with Crippen LogP contribution in [0.15, 0.2) is 0 Å². The summed E-state index contributed by atoms with van der Waals surface area (Å²) in [5, 5.41) is 20.7. The number of aromatic nitrogens is 4. The first-order valence-electron chi connectivity index (χ1n) is 22.3. The number of hydrogen-bond acceptors (Lipinski definition) is 11. The van der Waals surface area contributed by atoms with Crippen molar-refractivity contribution in [3.63, 3.8) is 0 Å². The van der Waals surface area contributed by atoms with E-state index in [4.69, 9.17) is 9.47 Å². The molecule has 2 fully saturated rings. The van der Waals surface area contributed by atoms with E-state index in [0.29, 0.717) is 37.7 Å². The second-order valence-corrected chi connectivity index (χ2v) is 26.1. The van der Waals surface area contributed by atoms with Gasteiger partial charge in [-0.1, -0.05) is 67.6 Å². The van der Waals surface area contributed by atoms with Crippen LogP contribution in [0.25, 0.3) is 0 Å². The number of carbonyl (C=O) groups excluding carboxylic acids is 5. The quantitative estimate of drug-likeness (QED) is 0.0719. The molecule has 2 aromatic heterocycles. The topological polar surface area (TPSA) is 197 Å². The van der Waals surface area contributed by atoms with Crippen molar-refractivity contribution in [2.45, 2.75) is 178 Å². The van der Waals surface area contributed by atoms with Gasteiger partial charge in [0.1, 0.15) is 18.3 Å². The molecule has 4 aliphatic carbocycles. The number of H-pyrrole nitrogens is 1. The fourth-order valence-corrected chi connectivity index (χ4v) is 8.72. The summed E-state index contributed by atoms with van der Waals surface area (Å²) in [4.78, 5) is 68.2. The van der Waals surface area contributed by atoms with Crippen molar-refractivity contribution in [3.05, 3.63) is 33.9 Å². The molecule has 1 unspecified atom stereocenters. The first-order valence-corrected chi connectivity index (χ1v) is 26.0. The van der Waals surface area contributed by atoms with Gasteiger partial charge in [0.25, 0.3) is 0 Å². The highest BCUT2D eigenvalue weighted by atomic mass is 28.3. The maximum absolute atomic E-state index is 11.7. The van der Waals surface area contributed by atoms with Crippen molar-refractivity contribution in [1.82, 2.24) is 20.0 Å². The zero-order chi connectivity index (χ0) is 45.8. The zero-order valence-corrected chi connectivity index (χ0v) is 40.0. The number of carboxylic acid groups (broad SMARTS) is 1. The highest BCUT2D eigenvalue weighted by molar-refractivity contribution is 6.76. The number of rotatable bonds is 11. The number of nitrogens with zero attached hydrogens (tertiary/aromatic N) is 3. The van der Waals surface area contributed by atoms with Crippen LogP contribution >= 0.6 is 0 Å². The van der Waals surface area contributed by atoms with Crippen molar-refractivity contribution in [2.24, 2.45) is 22.2 Å². The third kappa shape index (κ3) is 16.3. The summed E-state index contributed by atoms with van der Waals surface area (Å²) in [6.07, 6.45) is 12.5. The van der Waals surface area contributed by atoms with Crippen molar-refractivity contribution >= 4 is 43.3 Å². The first kappa shape index (κ1) is 51.4. The lowest BCUT2D eigenvalue weighted by Crippen LogP contribution is -2.38. The van der Waals surface area contributed by atoms with Crippen molar-refractivity contribution in [2.75, 3.05) is 19.8 Å². The SMILES string of the molecule is CC1(C)CCc2c(c(C(=O)O)nn2COCC[Si](C)(C)C)C1.CCOC(=O)C(=O)C1CC(C)(C)CCC1=O.CCOC(=O)c1n[nH]c2c1CC(C)(C)CC2.O=C1CCCCC1. The average molecular weight is 871 g/mol. The van der Waals surface area contributed by atoms with Gasteiger partial charge in [-0.25, -0.2) is 19.1 Å². The van der Waals surface area contributed by atoms with Gasteiger partial charge >= 0.3 is 17.9 Å². The second kappa shape index (κ2) is 22.4. The number of nitrogens with one attached hydrogen (secondary N) is 1. The van der Waals surface area contributed by atoms with Crippen LogP contribution in [0, 0.1) is 22.2 Å². The fourth-order valence-electron chi connectivity index (χ4n) is 7.96. The van der Waals surface area contributed by atoms with E-state index in [0.717, 1.165) is 106 Å². The smallest absolute Gasteiger partial charge is 0.375 e. The lowest BCUT2D eigenvalue weighted by Gasteiger charge is -2.32. The Bertz CT molecular complexity index is 1840. The number of hydrogen-bond donors (Lipinski definition) is 2. The summed E-state index contributed by atoms with van der Waals surface area (Å²) < 4.78 is 17.1. The predicted molar refractivity (Wildman–Crippen MR) is 235 cm³/mol. The van der Waals surface area contributed by atoms with Crippen molar-refractivity contribution < 1.29 is 48.1 Å². The molecular weight excluding hydrogens is 797 g/mol. The third-order valence-electron chi connectivity index (χ3n) is 11.8. The van der Waals surface area contributed by atoms with Gasteiger partial charge in [-0.15, -0.1) is 0 Å². The molecule has 14 nitrogen and oxygen atoms in total. The minimum atomic E-state index is -1.10. The highest BCUT2D eigenvalue weighted by Gasteiger charge is 2.41. The number of aromatic amines is 1. The van der Waals surface area contributed by atoms with Crippen LogP contribution in [0.1, 0.15) is 163 Å². The highest BCUT2D eigenvalue weighted by Crippen LogP contribution is 2.38. The van der Waals surface area contributed by atoms with Gasteiger partial charge in [-0.3, -0.25) is 19.5 Å². The van der Waals surface area contributed by atoms with E-state index in [-0.39, 0.29) is 40.3 Å². The molecule has 2 N–H and O–H groups in total. The van der Waals surface area contributed by atoms with Crippen LogP contribution in [0.3, 0.4) is 0 Å². The van der Waals surface area contributed by atoms with Crippen LogP contribution < -0.4 is 0 Å². The van der Waals surface area contributed by atoms with Gasteiger partial charge in [-0.05, 0) is 100 Å². The maximum atomic E-state index is 11.7. The largest absolute Gasteiger partial charge is 0.476 e. The number of aromatic carboxylic acids is 1. The molecule has 0 aromatic carbocycles. The Balaban J connectivity index is 0.000000229. The van der Waals surface area contributed by atoms with E-state index in [1.807, 2.05) is 13.8 Å². The predicted octanol–water partition coefficient (Wildman–Crippen LogP) is 8.54. The lowest BCUT2D eigenvalue weighted by molar-refractivity contribution is -0.158. The molecule has 0 radical (unpaired) electrons. The number of esters is 2. The van der Waals surface area contributed by atoms with E-state index in [2.05, 4.69) is 67.4 Å². The number of aryl methyl sites for hydroxylation is 1. The van der Waals surface area contributed by atoms with Gasteiger partial charge in [0, 0.05) is 56.5 Å². The van der Waals surface area contributed by atoms with Gasteiger partial charge in [0.15, 0.2) is 11.4 Å². The molecule has 61 heavy (non-hydrogen) atoms. The number of ketones is 3. The van der Waals surface area contributed by atoms with E-state index >= 15 is 0 Å². The lowest BCUT2D eigenvalue weighted by atomic mass is 9.70. The molecule has 0 amide bonds. The molecule has 15 heteroatoms. The molecule has 0 bridgehead atoms. The molecule has 0 spiro atoms.